The van der Waals surface area contributed by atoms with E-state index in [-0.39, 0.29) is 0 Å². The smallest absolute Gasteiger partial charge is 0.103 e. The number of hydrogen-bond acceptors (Lipinski definition) is 2. The van der Waals surface area contributed by atoms with Gasteiger partial charge < -0.3 is 5.11 Å². The molecule has 0 atom stereocenters. The summed E-state index contributed by atoms with van der Waals surface area (Å²) in [6.07, 6.45) is 4.78. The number of para-hydroxylation sites is 1. The predicted molar refractivity (Wildman–Crippen MR) is 76.7 cm³/mol. The Labute approximate surface area is 110 Å². The van der Waals surface area contributed by atoms with Crippen molar-refractivity contribution in [2.45, 2.75) is 58.5 Å². The van der Waals surface area contributed by atoms with Crippen LogP contribution in [-0.4, -0.2) is 16.4 Å². The number of nitrogens with zero attached hydrogens (tertiary/aromatic N) is 1. The van der Waals surface area contributed by atoms with Crippen LogP contribution < -0.4 is 0 Å². The zero-order chi connectivity index (χ0) is 13.2. The normalized spacial score (nSPS) is 19.2. The average Bonchev–Trinajstić information content (AvgIpc) is 2.77. The third kappa shape index (κ3) is 2.49. The quantitative estimate of drug-likeness (QED) is 0.799. The van der Waals surface area contributed by atoms with Crippen LogP contribution in [0.5, 0.6) is 0 Å². The van der Waals surface area contributed by atoms with Crippen LogP contribution in [0.4, 0.5) is 5.69 Å². The van der Waals surface area contributed by atoms with Crippen LogP contribution in [0.3, 0.4) is 0 Å². The van der Waals surface area contributed by atoms with E-state index in [4.69, 9.17) is 4.99 Å². The molecule has 2 heteroatoms. The Morgan fingerprint density at radius 1 is 1.22 bits per heavy atom. The van der Waals surface area contributed by atoms with Crippen LogP contribution in [0.15, 0.2) is 23.2 Å². The van der Waals surface area contributed by atoms with Gasteiger partial charge in [-0.3, -0.25) is 4.99 Å². The number of aryl methyl sites for hydroxylation is 2. The second-order valence-electron chi connectivity index (χ2n) is 5.39. The predicted octanol–water partition coefficient (Wildman–Crippen LogP) is 4.09. The fourth-order valence-electron chi connectivity index (χ4n) is 2.88. The molecular formula is C16H23NO. The highest BCUT2D eigenvalue weighted by molar-refractivity contribution is 5.94. The van der Waals surface area contributed by atoms with Gasteiger partial charge in [0.2, 0.25) is 0 Å². The van der Waals surface area contributed by atoms with E-state index in [2.05, 4.69) is 39.0 Å². The molecule has 0 spiro atoms. The second kappa shape index (κ2) is 5.23. The number of aliphatic imine (C=N–C) groups is 1. The van der Waals surface area contributed by atoms with Crippen molar-refractivity contribution in [2.75, 3.05) is 0 Å². The molecule has 0 aromatic heterocycles. The third-order valence-electron chi connectivity index (χ3n) is 3.99. The molecule has 0 unspecified atom stereocenters. The number of aliphatic hydroxyl groups is 1. The molecule has 0 heterocycles. The minimum atomic E-state index is -0.649. The van der Waals surface area contributed by atoms with Crippen LogP contribution in [0.25, 0.3) is 0 Å². The molecule has 1 aliphatic rings. The average molecular weight is 245 g/mol. The molecule has 18 heavy (non-hydrogen) atoms. The Balaban J connectivity index is 2.41. The summed E-state index contributed by atoms with van der Waals surface area (Å²) in [6, 6.07) is 6.22. The molecular weight excluding hydrogens is 222 g/mol. The standard InChI is InChI=1S/C16H23NO/c1-4-14(16(18)10-5-6-11-16)17-15-12(2)8-7-9-13(15)3/h7-9,18H,4-6,10-11H2,1-3H3. The molecule has 0 bridgehead atoms. The minimum Gasteiger partial charge on any atom is -0.384 e. The topological polar surface area (TPSA) is 32.6 Å². The molecule has 1 fully saturated rings. The number of rotatable bonds is 3. The van der Waals surface area contributed by atoms with Gasteiger partial charge in [-0.05, 0) is 44.2 Å². The molecule has 1 aromatic rings. The molecule has 2 rings (SSSR count). The highest BCUT2D eigenvalue weighted by Gasteiger charge is 2.35. The van der Waals surface area contributed by atoms with E-state index in [1.807, 2.05) is 0 Å². The van der Waals surface area contributed by atoms with Gasteiger partial charge in [0.1, 0.15) is 5.60 Å². The Bertz CT molecular complexity index is 436. The van der Waals surface area contributed by atoms with Crippen molar-refractivity contribution >= 4 is 11.4 Å². The molecule has 1 aromatic carbocycles. The van der Waals surface area contributed by atoms with Crippen molar-refractivity contribution in [3.05, 3.63) is 29.3 Å². The van der Waals surface area contributed by atoms with Gasteiger partial charge in [-0.2, -0.15) is 0 Å². The molecule has 0 amide bonds. The van der Waals surface area contributed by atoms with E-state index in [0.717, 1.165) is 43.5 Å². The van der Waals surface area contributed by atoms with Gasteiger partial charge in [-0.1, -0.05) is 38.0 Å². The summed E-state index contributed by atoms with van der Waals surface area (Å²) in [5.41, 5.74) is 3.71. The van der Waals surface area contributed by atoms with Gasteiger partial charge in [0.25, 0.3) is 0 Å². The van der Waals surface area contributed by atoms with Gasteiger partial charge >= 0.3 is 0 Å². The summed E-state index contributed by atoms with van der Waals surface area (Å²) in [6.45, 7) is 6.25. The first-order chi connectivity index (χ1) is 8.57. The lowest BCUT2D eigenvalue weighted by atomic mass is 9.93. The lowest BCUT2D eigenvalue weighted by Gasteiger charge is -2.24. The van der Waals surface area contributed by atoms with E-state index in [1.165, 1.54) is 11.1 Å². The summed E-state index contributed by atoms with van der Waals surface area (Å²) in [5, 5.41) is 10.7. The van der Waals surface area contributed by atoms with E-state index in [9.17, 15) is 5.11 Å². The zero-order valence-corrected chi connectivity index (χ0v) is 11.7. The first-order valence-corrected chi connectivity index (χ1v) is 6.93. The monoisotopic (exact) mass is 245 g/mol. The van der Waals surface area contributed by atoms with Crippen LogP contribution in [0.1, 0.15) is 50.2 Å². The summed E-state index contributed by atoms with van der Waals surface area (Å²) in [5.74, 6) is 0. The van der Waals surface area contributed by atoms with Gasteiger partial charge in [0.15, 0.2) is 0 Å². The minimum absolute atomic E-state index is 0.649. The molecule has 1 saturated carbocycles. The van der Waals surface area contributed by atoms with Crippen LogP contribution in [0, 0.1) is 13.8 Å². The van der Waals surface area contributed by atoms with Crippen LogP contribution in [-0.2, 0) is 0 Å². The SMILES string of the molecule is CCC(=Nc1c(C)cccc1C)C1(O)CCCC1. The van der Waals surface area contributed by atoms with Gasteiger partial charge in [-0.15, -0.1) is 0 Å². The fourth-order valence-corrected chi connectivity index (χ4v) is 2.88. The first kappa shape index (κ1) is 13.3. The molecule has 0 aliphatic heterocycles. The maximum Gasteiger partial charge on any atom is 0.103 e. The highest BCUT2D eigenvalue weighted by Crippen LogP contribution is 2.34. The summed E-state index contributed by atoms with van der Waals surface area (Å²) < 4.78 is 0. The van der Waals surface area contributed by atoms with Crippen LogP contribution in [0.2, 0.25) is 0 Å². The molecule has 2 nitrogen and oxygen atoms in total. The molecule has 98 valence electrons. The van der Waals surface area contributed by atoms with Gasteiger partial charge in [0.05, 0.1) is 5.69 Å². The zero-order valence-electron chi connectivity index (χ0n) is 11.7. The van der Waals surface area contributed by atoms with E-state index >= 15 is 0 Å². The maximum absolute atomic E-state index is 10.7. The summed E-state index contributed by atoms with van der Waals surface area (Å²) >= 11 is 0. The van der Waals surface area contributed by atoms with Crippen molar-refractivity contribution in [2.24, 2.45) is 4.99 Å². The molecule has 0 saturated heterocycles. The Morgan fingerprint density at radius 3 is 2.28 bits per heavy atom. The van der Waals surface area contributed by atoms with E-state index in [1.54, 1.807) is 0 Å². The molecule has 1 N–H and O–H groups in total. The lowest BCUT2D eigenvalue weighted by Crippen LogP contribution is -2.34. The maximum atomic E-state index is 10.7. The highest BCUT2D eigenvalue weighted by atomic mass is 16.3. The first-order valence-electron chi connectivity index (χ1n) is 6.93. The van der Waals surface area contributed by atoms with Crippen molar-refractivity contribution < 1.29 is 5.11 Å². The van der Waals surface area contributed by atoms with E-state index in [0.29, 0.717) is 0 Å². The third-order valence-corrected chi connectivity index (χ3v) is 3.99. The van der Waals surface area contributed by atoms with Crippen molar-refractivity contribution in [3.63, 3.8) is 0 Å². The largest absolute Gasteiger partial charge is 0.384 e. The fraction of sp³-hybridized carbons (Fsp3) is 0.562. The lowest BCUT2D eigenvalue weighted by molar-refractivity contribution is 0.118. The van der Waals surface area contributed by atoms with Crippen molar-refractivity contribution in [1.29, 1.82) is 0 Å². The Kier molecular flexibility index (Phi) is 3.86. The Hall–Kier alpha value is -1.15. The Morgan fingerprint density at radius 2 is 1.78 bits per heavy atom. The van der Waals surface area contributed by atoms with Crippen molar-refractivity contribution in [3.8, 4) is 0 Å². The van der Waals surface area contributed by atoms with Crippen molar-refractivity contribution in [1.82, 2.24) is 0 Å². The van der Waals surface area contributed by atoms with Gasteiger partial charge in [0, 0.05) is 5.71 Å². The summed E-state index contributed by atoms with van der Waals surface area (Å²) in [4.78, 5) is 4.80. The van der Waals surface area contributed by atoms with Crippen LogP contribution >= 0.6 is 0 Å². The second-order valence-corrected chi connectivity index (χ2v) is 5.39. The number of hydrogen-bond donors (Lipinski definition) is 1. The molecule has 0 radical (unpaired) electrons. The summed E-state index contributed by atoms with van der Waals surface area (Å²) in [7, 11) is 0. The van der Waals surface area contributed by atoms with Gasteiger partial charge in [-0.25, -0.2) is 0 Å². The molecule has 1 aliphatic carbocycles. The van der Waals surface area contributed by atoms with E-state index < -0.39 is 5.60 Å². The number of benzene rings is 1.